The van der Waals surface area contributed by atoms with Gasteiger partial charge >= 0.3 is 0 Å². The van der Waals surface area contributed by atoms with Gasteiger partial charge in [-0.1, -0.05) is 38.3 Å². The lowest BCUT2D eigenvalue weighted by atomic mass is 9.79. The highest BCUT2D eigenvalue weighted by Crippen LogP contribution is 2.41. The first-order chi connectivity index (χ1) is 9.01. The average molecular weight is 285 g/mol. The maximum absolute atomic E-state index is 6.43. The van der Waals surface area contributed by atoms with Gasteiger partial charge in [0.25, 0.3) is 0 Å². The summed E-state index contributed by atoms with van der Waals surface area (Å²) in [6.07, 6.45) is 6.78. The Hall–Kier alpha value is -0.580. The highest BCUT2D eigenvalue weighted by molar-refractivity contribution is 6.31. The minimum Gasteiger partial charge on any atom is -0.271 e. The first kappa shape index (κ1) is 14.8. The van der Waals surface area contributed by atoms with Gasteiger partial charge < -0.3 is 0 Å². The summed E-state index contributed by atoms with van der Waals surface area (Å²) in [6, 6.07) is 0.257. The third kappa shape index (κ3) is 2.81. The molecule has 1 saturated carbocycles. The van der Waals surface area contributed by atoms with E-state index in [0.29, 0.717) is 0 Å². The van der Waals surface area contributed by atoms with Crippen LogP contribution in [0.5, 0.6) is 0 Å². The summed E-state index contributed by atoms with van der Waals surface area (Å²) in [5, 5.41) is 5.29. The molecular weight excluding hydrogens is 260 g/mol. The summed E-state index contributed by atoms with van der Waals surface area (Å²) in [5.74, 6) is 5.80. The molecule has 0 bridgehead atoms. The van der Waals surface area contributed by atoms with E-state index in [0.717, 1.165) is 29.3 Å². The van der Waals surface area contributed by atoms with Gasteiger partial charge in [-0.3, -0.25) is 16.0 Å². The Bertz CT molecular complexity index is 435. The lowest BCUT2D eigenvalue weighted by Gasteiger charge is -2.33. The van der Waals surface area contributed by atoms with Gasteiger partial charge in [0.1, 0.15) is 0 Å². The summed E-state index contributed by atoms with van der Waals surface area (Å²) in [7, 11) is 1.96. The van der Waals surface area contributed by atoms with E-state index in [1.807, 2.05) is 11.7 Å². The number of hydrogen-bond donors (Lipinski definition) is 2. The molecule has 1 fully saturated rings. The molecule has 0 spiro atoms. The van der Waals surface area contributed by atoms with Crippen LogP contribution in [-0.4, -0.2) is 15.8 Å². The second kappa shape index (κ2) is 5.81. The Morgan fingerprint density at radius 2 is 2.11 bits per heavy atom. The molecule has 1 atom stereocenters. The van der Waals surface area contributed by atoms with E-state index in [-0.39, 0.29) is 11.5 Å². The molecule has 1 aromatic rings. The Morgan fingerprint density at radius 1 is 1.47 bits per heavy atom. The Balaban J connectivity index is 2.21. The normalized spacial score (nSPS) is 19.8. The van der Waals surface area contributed by atoms with Crippen molar-refractivity contribution in [2.24, 2.45) is 18.3 Å². The van der Waals surface area contributed by atoms with Crippen LogP contribution in [0, 0.1) is 5.41 Å². The van der Waals surface area contributed by atoms with Crippen molar-refractivity contribution in [2.45, 2.75) is 58.4 Å². The van der Waals surface area contributed by atoms with Crippen molar-refractivity contribution in [3.8, 4) is 0 Å². The molecule has 0 aromatic carbocycles. The molecule has 1 heterocycles. The fraction of sp³-hybridized carbons (Fsp3) is 0.786. The highest BCUT2D eigenvalue weighted by Gasteiger charge is 2.37. The fourth-order valence-corrected chi connectivity index (χ4v) is 3.64. The average Bonchev–Trinajstić information content (AvgIpc) is 2.93. The molecule has 1 aromatic heterocycles. The first-order valence-electron chi connectivity index (χ1n) is 7.18. The second-order valence-corrected chi connectivity index (χ2v) is 6.35. The van der Waals surface area contributed by atoms with Crippen LogP contribution >= 0.6 is 11.6 Å². The molecule has 4 nitrogen and oxygen atoms in total. The standard InChI is InChI=1S/C14H25ClN4/c1-4-10-13(15)11(19(3)18-10)9-12(17-16)14(2)7-5-6-8-14/h12,17H,4-9,16H2,1-3H3. The number of aromatic nitrogens is 2. The van der Waals surface area contributed by atoms with Crippen molar-refractivity contribution in [3.63, 3.8) is 0 Å². The number of nitrogens with one attached hydrogen (secondary N) is 1. The number of halogens is 1. The lowest BCUT2D eigenvalue weighted by molar-refractivity contribution is 0.218. The maximum Gasteiger partial charge on any atom is 0.0850 e. The number of hydrogen-bond acceptors (Lipinski definition) is 3. The predicted molar refractivity (Wildman–Crippen MR) is 79.0 cm³/mol. The second-order valence-electron chi connectivity index (χ2n) is 5.97. The number of aryl methyl sites for hydroxylation is 2. The van der Waals surface area contributed by atoms with Gasteiger partial charge in [0.2, 0.25) is 0 Å². The van der Waals surface area contributed by atoms with E-state index in [1.54, 1.807) is 0 Å². The van der Waals surface area contributed by atoms with Crippen molar-refractivity contribution < 1.29 is 0 Å². The van der Waals surface area contributed by atoms with Crippen molar-refractivity contribution in [1.82, 2.24) is 15.2 Å². The lowest BCUT2D eigenvalue weighted by Crippen LogP contribution is -2.47. The van der Waals surface area contributed by atoms with Crippen LogP contribution in [0.2, 0.25) is 5.02 Å². The van der Waals surface area contributed by atoms with Crippen LogP contribution < -0.4 is 11.3 Å². The molecule has 0 aliphatic heterocycles. The van der Waals surface area contributed by atoms with Crippen LogP contribution in [0.3, 0.4) is 0 Å². The zero-order chi connectivity index (χ0) is 14.0. The van der Waals surface area contributed by atoms with Crippen LogP contribution in [0.4, 0.5) is 0 Å². The molecule has 19 heavy (non-hydrogen) atoms. The highest BCUT2D eigenvalue weighted by atomic mass is 35.5. The van der Waals surface area contributed by atoms with Gasteiger partial charge in [-0.05, 0) is 24.7 Å². The number of rotatable bonds is 5. The molecule has 1 aliphatic carbocycles. The smallest absolute Gasteiger partial charge is 0.0850 e. The molecule has 1 aliphatic rings. The van der Waals surface area contributed by atoms with Gasteiger partial charge in [0.05, 0.1) is 16.4 Å². The molecule has 3 N–H and O–H groups in total. The summed E-state index contributed by atoms with van der Waals surface area (Å²) < 4.78 is 1.91. The first-order valence-corrected chi connectivity index (χ1v) is 7.56. The van der Waals surface area contributed by atoms with E-state index >= 15 is 0 Å². The molecule has 0 radical (unpaired) electrons. The van der Waals surface area contributed by atoms with Gasteiger partial charge in [0, 0.05) is 19.5 Å². The topological polar surface area (TPSA) is 55.9 Å². The van der Waals surface area contributed by atoms with E-state index in [2.05, 4.69) is 24.4 Å². The van der Waals surface area contributed by atoms with Crippen LogP contribution in [0.15, 0.2) is 0 Å². The van der Waals surface area contributed by atoms with Crippen LogP contribution in [-0.2, 0) is 19.9 Å². The van der Waals surface area contributed by atoms with E-state index in [4.69, 9.17) is 17.4 Å². The predicted octanol–water partition coefficient (Wildman–Crippen LogP) is 2.59. The minimum absolute atomic E-state index is 0.257. The van der Waals surface area contributed by atoms with Crippen LogP contribution in [0.1, 0.15) is 50.9 Å². The number of nitrogens with zero attached hydrogens (tertiary/aromatic N) is 2. The van der Waals surface area contributed by atoms with Crippen molar-refractivity contribution in [3.05, 3.63) is 16.4 Å². The summed E-state index contributed by atoms with van der Waals surface area (Å²) >= 11 is 6.43. The van der Waals surface area contributed by atoms with Gasteiger partial charge in [-0.15, -0.1) is 0 Å². The van der Waals surface area contributed by atoms with E-state index in [9.17, 15) is 0 Å². The Labute approximate surface area is 120 Å². The molecule has 1 unspecified atom stereocenters. The Kier molecular flexibility index (Phi) is 4.54. The van der Waals surface area contributed by atoms with Crippen molar-refractivity contribution >= 4 is 11.6 Å². The van der Waals surface area contributed by atoms with Gasteiger partial charge in [-0.25, -0.2) is 0 Å². The number of hydrazine groups is 1. The molecule has 108 valence electrons. The van der Waals surface area contributed by atoms with E-state index < -0.39 is 0 Å². The van der Waals surface area contributed by atoms with Gasteiger partial charge in [0.15, 0.2) is 0 Å². The third-order valence-electron chi connectivity index (χ3n) is 4.69. The van der Waals surface area contributed by atoms with Crippen LogP contribution in [0.25, 0.3) is 0 Å². The molecule has 0 saturated heterocycles. The van der Waals surface area contributed by atoms with Crippen molar-refractivity contribution in [1.29, 1.82) is 0 Å². The SMILES string of the molecule is CCc1nn(C)c(CC(NN)C2(C)CCCC2)c1Cl. The third-order valence-corrected chi connectivity index (χ3v) is 5.12. The maximum atomic E-state index is 6.43. The zero-order valence-corrected chi connectivity index (χ0v) is 12.9. The summed E-state index contributed by atoms with van der Waals surface area (Å²) in [5.41, 5.74) is 5.36. The monoisotopic (exact) mass is 284 g/mol. The largest absolute Gasteiger partial charge is 0.271 e. The quantitative estimate of drug-likeness (QED) is 0.645. The number of nitrogens with two attached hydrogens (primary N) is 1. The van der Waals surface area contributed by atoms with Crippen molar-refractivity contribution in [2.75, 3.05) is 0 Å². The molecule has 0 amide bonds. The minimum atomic E-state index is 0.257. The molecule has 2 rings (SSSR count). The van der Waals surface area contributed by atoms with Gasteiger partial charge in [-0.2, -0.15) is 5.10 Å². The summed E-state index contributed by atoms with van der Waals surface area (Å²) in [4.78, 5) is 0. The Morgan fingerprint density at radius 3 is 2.58 bits per heavy atom. The summed E-state index contributed by atoms with van der Waals surface area (Å²) in [6.45, 7) is 4.41. The fourth-order valence-electron chi connectivity index (χ4n) is 3.27. The zero-order valence-electron chi connectivity index (χ0n) is 12.2. The molecule has 5 heteroatoms. The van der Waals surface area contributed by atoms with E-state index in [1.165, 1.54) is 25.7 Å². The molecular formula is C14H25ClN4.